The maximum absolute atomic E-state index is 12.0. The molecule has 0 spiro atoms. The highest BCUT2D eigenvalue weighted by Crippen LogP contribution is 2.19. The molecule has 0 aromatic carbocycles. The second-order valence-electron chi connectivity index (χ2n) is 5.47. The van der Waals surface area contributed by atoms with E-state index in [1.165, 1.54) is 29.5 Å². The van der Waals surface area contributed by atoms with Gasteiger partial charge in [-0.3, -0.25) is 4.79 Å². The number of nitrogens with one attached hydrogen (secondary N) is 1. The zero-order chi connectivity index (χ0) is 15.2. The summed E-state index contributed by atoms with van der Waals surface area (Å²) in [6.45, 7) is 0.847. The largest absolute Gasteiger partial charge is 0.353 e. The van der Waals surface area contributed by atoms with Gasteiger partial charge >= 0.3 is 0 Å². The Morgan fingerprint density at radius 1 is 1.45 bits per heavy atom. The lowest BCUT2D eigenvalue weighted by atomic mass is 10.2. The first kappa shape index (κ1) is 15.6. The van der Waals surface area contributed by atoms with Gasteiger partial charge in [-0.15, -0.1) is 21.5 Å². The van der Waals surface area contributed by atoms with Crippen LogP contribution in [0.15, 0.2) is 29.0 Å². The van der Waals surface area contributed by atoms with E-state index in [1.807, 2.05) is 4.57 Å². The van der Waals surface area contributed by atoms with Crippen molar-refractivity contribution in [1.82, 2.24) is 20.1 Å². The van der Waals surface area contributed by atoms with Crippen LogP contribution in [0.1, 0.15) is 30.6 Å². The highest BCUT2D eigenvalue weighted by atomic mass is 32.2. The summed E-state index contributed by atoms with van der Waals surface area (Å²) in [5.74, 6) is 0.512. The van der Waals surface area contributed by atoms with Crippen LogP contribution in [0.4, 0.5) is 0 Å². The Hall–Kier alpha value is -1.34. The van der Waals surface area contributed by atoms with Gasteiger partial charge in [0.15, 0.2) is 5.16 Å². The van der Waals surface area contributed by atoms with Crippen LogP contribution in [0, 0.1) is 0 Å². The summed E-state index contributed by atoms with van der Waals surface area (Å²) in [4.78, 5) is 13.3. The summed E-state index contributed by atoms with van der Waals surface area (Å²) < 4.78 is 2.02. The van der Waals surface area contributed by atoms with Crippen LogP contribution in [-0.4, -0.2) is 32.5 Å². The number of hydrogen-bond donors (Lipinski definition) is 1. The second-order valence-corrected chi connectivity index (χ2v) is 7.45. The molecular weight excluding hydrogens is 316 g/mol. The van der Waals surface area contributed by atoms with Crippen LogP contribution in [0.3, 0.4) is 0 Å². The Bertz CT molecular complexity index is 590. The smallest absolute Gasteiger partial charge is 0.230 e. The van der Waals surface area contributed by atoms with Crippen LogP contribution >= 0.6 is 23.1 Å². The lowest BCUT2D eigenvalue weighted by Gasteiger charge is -2.11. The van der Waals surface area contributed by atoms with Crippen LogP contribution in [0.25, 0.3) is 0 Å². The summed E-state index contributed by atoms with van der Waals surface area (Å²) >= 11 is 3.22. The van der Waals surface area contributed by atoms with Crippen molar-refractivity contribution in [3.8, 4) is 0 Å². The zero-order valence-corrected chi connectivity index (χ0v) is 14.0. The molecule has 2 aromatic rings. The molecule has 3 rings (SSSR count). The van der Waals surface area contributed by atoms with Gasteiger partial charge in [-0.25, -0.2) is 0 Å². The molecule has 7 heteroatoms. The lowest BCUT2D eigenvalue weighted by molar-refractivity contribution is -0.119. The molecule has 2 aromatic heterocycles. The van der Waals surface area contributed by atoms with Crippen molar-refractivity contribution in [2.45, 2.75) is 49.8 Å². The SMILES string of the molecule is O=C(CSc1nncn1CCc1cccs1)NC1CCCC1. The third kappa shape index (κ3) is 4.33. The van der Waals surface area contributed by atoms with Gasteiger partial charge in [0.05, 0.1) is 5.75 Å². The van der Waals surface area contributed by atoms with E-state index in [1.54, 1.807) is 17.7 Å². The Balaban J connectivity index is 1.46. The monoisotopic (exact) mass is 336 g/mol. The van der Waals surface area contributed by atoms with Crippen molar-refractivity contribution in [2.75, 3.05) is 5.75 Å². The molecule has 0 radical (unpaired) electrons. The second kappa shape index (κ2) is 7.78. The molecule has 0 bridgehead atoms. The molecule has 1 aliphatic rings. The summed E-state index contributed by atoms with van der Waals surface area (Å²) in [5.41, 5.74) is 0. The molecule has 0 aliphatic heterocycles. The van der Waals surface area contributed by atoms with E-state index in [2.05, 4.69) is 33.0 Å². The number of amides is 1. The molecule has 1 aliphatic carbocycles. The maximum atomic E-state index is 12.0. The summed E-state index contributed by atoms with van der Waals surface area (Å²) in [6.07, 6.45) is 7.41. The molecule has 1 N–H and O–H groups in total. The minimum atomic E-state index is 0.102. The number of nitrogens with zero attached hydrogens (tertiary/aromatic N) is 3. The fourth-order valence-electron chi connectivity index (χ4n) is 2.66. The van der Waals surface area contributed by atoms with E-state index < -0.39 is 0 Å². The number of hydrogen-bond acceptors (Lipinski definition) is 5. The quantitative estimate of drug-likeness (QED) is 0.790. The van der Waals surface area contributed by atoms with Gasteiger partial charge in [0.1, 0.15) is 6.33 Å². The topological polar surface area (TPSA) is 59.8 Å². The number of aryl methyl sites for hydroxylation is 2. The maximum Gasteiger partial charge on any atom is 0.230 e. The number of carbonyl (C=O) groups excluding carboxylic acids is 1. The Morgan fingerprint density at radius 3 is 3.09 bits per heavy atom. The third-order valence-corrected chi connectivity index (χ3v) is 5.73. The van der Waals surface area contributed by atoms with Gasteiger partial charge in [0, 0.05) is 17.5 Å². The average molecular weight is 336 g/mol. The number of thiophene rings is 1. The number of thioether (sulfide) groups is 1. The fraction of sp³-hybridized carbons (Fsp3) is 0.533. The number of aromatic nitrogens is 3. The first-order valence-corrected chi connectivity index (χ1v) is 9.50. The van der Waals surface area contributed by atoms with E-state index >= 15 is 0 Å². The third-order valence-electron chi connectivity index (χ3n) is 3.81. The van der Waals surface area contributed by atoms with E-state index in [9.17, 15) is 4.79 Å². The molecule has 0 unspecified atom stereocenters. The standard InChI is InChI=1S/C15H20N4OS2/c20-14(17-12-4-1-2-5-12)10-22-15-18-16-11-19(15)8-7-13-6-3-9-21-13/h3,6,9,11-12H,1-2,4-5,7-8,10H2,(H,17,20). The van der Waals surface area contributed by atoms with Crippen molar-refractivity contribution in [1.29, 1.82) is 0 Å². The molecule has 2 heterocycles. The average Bonchev–Trinajstić information content (AvgIpc) is 3.25. The first-order valence-electron chi connectivity index (χ1n) is 7.63. The van der Waals surface area contributed by atoms with Gasteiger partial charge in [-0.05, 0) is 30.7 Å². The minimum absolute atomic E-state index is 0.102. The van der Waals surface area contributed by atoms with Gasteiger partial charge in [0.25, 0.3) is 0 Å². The Labute approximate surface area is 138 Å². The molecule has 118 valence electrons. The Morgan fingerprint density at radius 2 is 2.32 bits per heavy atom. The van der Waals surface area contributed by atoms with Crippen LogP contribution < -0.4 is 5.32 Å². The zero-order valence-electron chi connectivity index (χ0n) is 12.4. The highest BCUT2D eigenvalue weighted by Gasteiger charge is 2.17. The van der Waals surface area contributed by atoms with Gasteiger partial charge in [-0.1, -0.05) is 30.7 Å². The number of carbonyl (C=O) groups is 1. The predicted octanol–water partition coefficient (Wildman–Crippen LogP) is 2.73. The van der Waals surface area contributed by atoms with E-state index in [0.717, 1.165) is 31.0 Å². The molecule has 0 atom stereocenters. The van der Waals surface area contributed by atoms with Crippen molar-refractivity contribution in [3.05, 3.63) is 28.7 Å². The number of rotatable bonds is 7. The van der Waals surface area contributed by atoms with Crippen LogP contribution in [-0.2, 0) is 17.8 Å². The highest BCUT2D eigenvalue weighted by molar-refractivity contribution is 7.99. The van der Waals surface area contributed by atoms with E-state index in [-0.39, 0.29) is 5.91 Å². The normalized spacial score (nSPS) is 15.3. The molecular formula is C15H20N4OS2. The Kier molecular flexibility index (Phi) is 5.50. The van der Waals surface area contributed by atoms with Gasteiger partial charge in [0.2, 0.25) is 5.91 Å². The van der Waals surface area contributed by atoms with Crippen LogP contribution in [0.2, 0.25) is 0 Å². The summed E-state index contributed by atoms with van der Waals surface area (Å²) in [7, 11) is 0. The van der Waals surface area contributed by atoms with Crippen molar-refractivity contribution in [3.63, 3.8) is 0 Å². The molecule has 1 fully saturated rings. The van der Waals surface area contributed by atoms with Crippen LogP contribution in [0.5, 0.6) is 0 Å². The van der Waals surface area contributed by atoms with Crippen molar-refractivity contribution >= 4 is 29.0 Å². The molecule has 5 nitrogen and oxygen atoms in total. The minimum Gasteiger partial charge on any atom is -0.353 e. The van der Waals surface area contributed by atoms with Gasteiger partial charge < -0.3 is 9.88 Å². The lowest BCUT2D eigenvalue weighted by Crippen LogP contribution is -2.33. The molecule has 0 saturated heterocycles. The van der Waals surface area contributed by atoms with Gasteiger partial charge in [-0.2, -0.15) is 0 Å². The molecule has 22 heavy (non-hydrogen) atoms. The fourth-order valence-corrected chi connectivity index (χ4v) is 4.12. The summed E-state index contributed by atoms with van der Waals surface area (Å²) in [5, 5.41) is 14.1. The predicted molar refractivity (Wildman–Crippen MR) is 89.2 cm³/mol. The van der Waals surface area contributed by atoms with Crippen molar-refractivity contribution < 1.29 is 4.79 Å². The first-order chi connectivity index (χ1) is 10.8. The molecule has 1 amide bonds. The van der Waals surface area contributed by atoms with Crippen molar-refractivity contribution in [2.24, 2.45) is 0 Å². The van der Waals surface area contributed by atoms with E-state index in [4.69, 9.17) is 0 Å². The van der Waals surface area contributed by atoms with E-state index in [0.29, 0.717) is 11.8 Å². The summed E-state index contributed by atoms with van der Waals surface area (Å²) in [6, 6.07) is 4.58. The molecule has 1 saturated carbocycles.